The van der Waals surface area contributed by atoms with Crippen molar-refractivity contribution in [3.8, 4) is 11.6 Å². The maximum atomic E-state index is 12.0. The fourth-order valence-corrected chi connectivity index (χ4v) is 2.18. The molecule has 0 spiro atoms. The molecule has 2 aromatic rings. The summed E-state index contributed by atoms with van der Waals surface area (Å²) in [5.74, 6) is 0.996. The number of aromatic nitrogens is 4. The monoisotopic (exact) mass is 261 g/mol. The van der Waals surface area contributed by atoms with E-state index in [1.54, 1.807) is 18.4 Å². The number of nitrogens with zero attached hydrogens (tertiary/aromatic N) is 5. The van der Waals surface area contributed by atoms with E-state index in [2.05, 4.69) is 15.4 Å². The zero-order valence-corrected chi connectivity index (χ0v) is 10.5. The molecule has 7 heteroatoms. The van der Waals surface area contributed by atoms with Gasteiger partial charge in [-0.05, 0) is 36.6 Å². The van der Waals surface area contributed by atoms with Crippen molar-refractivity contribution in [1.82, 2.24) is 25.1 Å². The number of hydrogen-bond donors (Lipinski definition) is 0. The van der Waals surface area contributed by atoms with Crippen LogP contribution >= 0.6 is 0 Å². The molecule has 3 heterocycles. The standard InChI is InChI=1S/C12H15N5O2/c18-11(16-6-2-1-3-7-16)9-17-14-12(13-15-17)10-5-4-8-19-10/h4-5,8H,1-3,6-7,9H2. The molecule has 3 rings (SSSR count). The number of amides is 1. The second kappa shape index (κ2) is 5.21. The van der Waals surface area contributed by atoms with Crippen LogP contribution in [0.25, 0.3) is 11.6 Å². The Morgan fingerprint density at radius 1 is 1.32 bits per heavy atom. The first-order valence-electron chi connectivity index (χ1n) is 6.42. The summed E-state index contributed by atoms with van der Waals surface area (Å²) in [7, 11) is 0. The van der Waals surface area contributed by atoms with Gasteiger partial charge in [-0.15, -0.1) is 10.2 Å². The van der Waals surface area contributed by atoms with Gasteiger partial charge in [0.1, 0.15) is 6.54 Å². The fourth-order valence-electron chi connectivity index (χ4n) is 2.18. The topological polar surface area (TPSA) is 77.0 Å². The number of furan rings is 1. The summed E-state index contributed by atoms with van der Waals surface area (Å²) < 4.78 is 5.18. The van der Waals surface area contributed by atoms with E-state index >= 15 is 0 Å². The lowest BCUT2D eigenvalue weighted by molar-refractivity contribution is -0.133. The summed E-state index contributed by atoms with van der Waals surface area (Å²) in [6.07, 6.45) is 4.91. The van der Waals surface area contributed by atoms with Crippen LogP contribution in [-0.4, -0.2) is 44.1 Å². The van der Waals surface area contributed by atoms with Crippen LogP contribution in [-0.2, 0) is 11.3 Å². The fraction of sp³-hybridized carbons (Fsp3) is 0.500. The van der Waals surface area contributed by atoms with Gasteiger partial charge in [0.15, 0.2) is 5.76 Å². The Labute approximate surface area is 110 Å². The maximum absolute atomic E-state index is 12.0. The molecule has 0 atom stereocenters. The lowest BCUT2D eigenvalue weighted by atomic mass is 10.1. The van der Waals surface area contributed by atoms with Crippen molar-refractivity contribution >= 4 is 5.91 Å². The van der Waals surface area contributed by atoms with E-state index in [-0.39, 0.29) is 12.5 Å². The second-order valence-corrected chi connectivity index (χ2v) is 4.56. The van der Waals surface area contributed by atoms with Gasteiger partial charge < -0.3 is 9.32 Å². The van der Waals surface area contributed by atoms with Crippen molar-refractivity contribution in [2.24, 2.45) is 0 Å². The molecule has 2 aromatic heterocycles. The van der Waals surface area contributed by atoms with Crippen LogP contribution in [0, 0.1) is 0 Å². The van der Waals surface area contributed by atoms with Crippen molar-refractivity contribution in [2.75, 3.05) is 13.1 Å². The van der Waals surface area contributed by atoms with Gasteiger partial charge in [0.25, 0.3) is 0 Å². The molecule has 19 heavy (non-hydrogen) atoms. The van der Waals surface area contributed by atoms with E-state index in [9.17, 15) is 4.79 Å². The summed E-state index contributed by atoms with van der Waals surface area (Å²) in [4.78, 5) is 15.2. The first-order chi connectivity index (χ1) is 9.33. The minimum atomic E-state index is 0.0445. The Morgan fingerprint density at radius 3 is 2.89 bits per heavy atom. The lowest BCUT2D eigenvalue weighted by Gasteiger charge is -2.26. The molecule has 7 nitrogen and oxygen atoms in total. The predicted octanol–water partition coefficient (Wildman–Crippen LogP) is 0.946. The van der Waals surface area contributed by atoms with E-state index in [4.69, 9.17) is 4.42 Å². The molecule has 0 aliphatic carbocycles. The highest BCUT2D eigenvalue weighted by Crippen LogP contribution is 2.13. The molecule has 0 saturated carbocycles. The second-order valence-electron chi connectivity index (χ2n) is 4.56. The zero-order chi connectivity index (χ0) is 13.1. The highest BCUT2D eigenvalue weighted by Gasteiger charge is 2.18. The molecule has 1 amide bonds. The quantitative estimate of drug-likeness (QED) is 0.822. The van der Waals surface area contributed by atoms with Crippen LogP contribution in [0.2, 0.25) is 0 Å². The third-order valence-corrected chi connectivity index (χ3v) is 3.18. The van der Waals surface area contributed by atoms with Crippen LogP contribution < -0.4 is 0 Å². The number of piperidine rings is 1. The number of carbonyl (C=O) groups is 1. The van der Waals surface area contributed by atoms with Crippen LogP contribution in [0.5, 0.6) is 0 Å². The minimum absolute atomic E-state index is 0.0445. The predicted molar refractivity (Wildman–Crippen MR) is 66.0 cm³/mol. The number of carbonyl (C=O) groups excluding carboxylic acids is 1. The molecule has 1 saturated heterocycles. The van der Waals surface area contributed by atoms with E-state index in [1.165, 1.54) is 11.2 Å². The van der Waals surface area contributed by atoms with E-state index < -0.39 is 0 Å². The minimum Gasteiger partial charge on any atom is -0.461 e. The Bertz CT molecular complexity index is 542. The highest BCUT2D eigenvalue weighted by molar-refractivity contribution is 5.75. The first kappa shape index (κ1) is 11.9. The summed E-state index contributed by atoms with van der Waals surface area (Å²) in [6, 6.07) is 3.52. The molecule has 1 fully saturated rings. The molecule has 0 N–H and O–H groups in total. The van der Waals surface area contributed by atoms with Gasteiger partial charge >= 0.3 is 0 Å². The van der Waals surface area contributed by atoms with E-state index in [0.717, 1.165) is 25.9 Å². The van der Waals surface area contributed by atoms with Crippen molar-refractivity contribution in [3.63, 3.8) is 0 Å². The number of hydrogen-bond acceptors (Lipinski definition) is 5. The molecule has 1 aliphatic heterocycles. The van der Waals surface area contributed by atoms with Crippen LogP contribution in [0.15, 0.2) is 22.8 Å². The van der Waals surface area contributed by atoms with Gasteiger partial charge in [-0.1, -0.05) is 0 Å². The normalized spacial score (nSPS) is 15.7. The average Bonchev–Trinajstić information content (AvgIpc) is 3.10. The van der Waals surface area contributed by atoms with Crippen LogP contribution in [0.4, 0.5) is 0 Å². The molecule has 0 aromatic carbocycles. The lowest BCUT2D eigenvalue weighted by Crippen LogP contribution is -2.38. The van der Waals surface area contributed by atoms with Crippen molar-refractivity contribution < 1.29 is 9.21 Å². The maximum Gasteiger partial charge on any atom is 0.246 e. The van der Waals surface area contributed by atoms with Gasteiger partial charge in [0, 0.05) is 13.1 Å². The Hall–Kier alpha value is -2.18. The van der Waals surface area contributed by atoms with Crippen molar-refractivity contribution in [3.05, 3.63) is 18.4 Å². The van der Waals surface area contributed by atoms with Gasteiger partial charge in [-0.3, -0.25) is 4.79 Å². The van der Waals surface area contributed by atoms with Gasteiger partial charge in [0.2, 0.25) is 11.7 Å². The first-order valence-corrected chi connectivity index (χ1v) is 6.42. The summed E-state index contributed by atoms with van der Waals surface area (Å²) in [5, 5.41) is 11.9. The largest absolute Gasteiger partial charge is 0.461 e. The molecule has 0 unspecified atom stereocenters. The van der Waals surface area contributed by atoms with E-state index in [1.807, 2.05) is 4.90 Å². The van der Waals surface area contributed by atoms with E-state index in [0.29, 0.717) is 11.6 Å². The summed E-state index contributed by atoms with van der Waals surface area (Å²) in [6.45, 7) is 1.80. The highest BCUT2D eigenvalue weighted by atomic mass is 16.3. The number of rotatable bonds is 3. The molecule has 0 radical (unpaired) electrons. The number of likely N-dealkylation sites (tertiary alicyclic amines) is 1. The van der Waals surface area contributed by atoms with Gasteiger partial charge in [0.05, 0.1) is 6.26 Å². The molecule has 0 bridgehead atoms. The van der Waals surface area contributed by atoms with Crippen LogP contribution in [0.1, 0.15) is 19.3 Å². The third-order valence-electron chi connectivity index (χ3n) is 3.18. The van der Waals surface area contributed by atoms with Gasteiger partial charge in [-0.2, -0.15) is 4.80 Å². The molecule has 100 valence electrons. The molecular weight excluding hydrogens is 246 g/mol. The summed E-state index contributed by atoms with van der Waals surface area (Å²) in [5.41, 5.74) is 0. The third kappa shape index (κ3) is 2.64. The molecule has 1 aliphatic rings. The Balaban J connectivity index is 1.65. The number of tetrazole rings is 1. The van der Waals surface area contributed by atoms with Gasteiger partial charge in [-0.25, -0.2) is 0 Å². The summed E-state index contributed by atoms with van der Waals surface area (Å²) >= 11 is 0. The SMILES string of the molecule is O=C(Cn1nnc(-c2ccco2)n1)N1CCCCC1. The Kier molecular flexibility index (Phi) is 3.26. The van der Waals surface area contributed by atoms with Crippen molar-refractivity contribution in [2.45, 2.75) is 25.8 Å². The molecular formula is C12H15N5O2. The smallest absolute Gasteiger partial charge is 0.246 e. The zero-order valence-electron chi connectivity index (χ0n) is 10.5. The van der Waals surface area contributed by atoms with Crippen LogP contribution in [0.3, 0.4) is 0 Å². The Morgan fingerprint density at radius 2 is 2.16 bits per heavy atom. The van der Waals surface area contributed by atoms with Crippen molar-refractivity contribution in [1.29, 1.82) is 0 Å². The average molecular weight is 261 g/mol.